The molecule has 0 spiro atoms. The van der Waals surface area contributed by atoms with Crippen molar-refractivity contribution in [3.05, 3.63) is 46.0 Å². The number of nitro benzene ring substituents is 1. The lowest BCUT2D eigenvalue weighted by atomic mass is 10.2. The van der Waals surface area contributed by atoms with Gasteiger partial charge in [0, 0.05) is 57.4 Å². The number of thiocarbonyl (C=S) groups is 1. The van der Waals surface area contributed by atoms with E-state index in [1.807, 2.05) is 4.90 Å². The highest BCUT2D eigenvalue weighted by molar-refractivity contribution is 7.80. The number of amides is 1. The van der Waals surface area contributed by atoms with Crippen LogP contribution in [0.25, 0.3) is 6.08 Å². The Morgan fingerprint density at radius 1 is 1.31 bits per heavy atom. The van der Waals surface area contributed by atoms with E-state index in [1.165, 1.54) is 18.2 Å². The van der Waals surface area contributed by atoms with Crippen LogP contribution < -0.4 is 5.32 Å². The van der Waals surface area contributed by atoms with Crippen LogP contribution in [0.4, 0.5) is 5.69 Å². The number of hydrogen-bond donors (Lipinski definition) is 1. The van der Waals surface area contributed by atoms with Crippen LogP contribution in [-0.4, -0.2) is 58.5 Å². The van der Waals surface area contributed by atoms with Gasteiger partial charge in [0.1, 0.15) is 0 Å². The number of carbonyl (C=O) groups is 1. The molecule has 0 saturated carbocycles. The maximum absolute atomic E-state index is 12.0. The smallest absolute Gasteiger partial charge is 0.269 e. The number of carbonyl (C=O) groups excluding carboxylic acids is 1. The summed E-state index contributed by atoms with van der Waals surface area (Å²) in [5, 5.41) is 22.3. The van der Waals surface area contributed by atoms with Gasteiger partial charge in [-0.1, -0.05) is 0 Å². The lowest BCUT2D eigenvalue weighted by Gasteiger charge is -2.35. The van der Waals surface area contributed by atoms with Crippen molar-refractivity contribution >= 4 is 35.0 Å². The number of nitrogens with one attached hydrogen (secondary N) is 1. The molecule has 0 unspecified atom stereocenters. The van der Waals surface area contributed by atoms with Crippen LogP contribution in [0.2, 0.25) is 0 Å². The summed E-state index contributed by atoms with van der Waals surface area (Å²) < 4.78 is 0. The third-order valence-corrected chi connectivity index (χ3v) is 4.32. The Labute approximate surface area is 156 Å². The van der Waals surface area contributed by atoms with Crippen LogP contribution in [-0.2, 0) is 4.79 Å². The predicted molar refractivity (Wildman–Crippen MR) is 101 cm³/mol. The summed E-state index contributed by atoms with van der Waals surface area (Å²) in [6.07, 6.45) is 3.42. The first-order chi connectivity index (χ1) is 12.5. The molecule has 1 aromatic rings. The highest BCUT2D eigenvalue weighted by Crippen LogP contribution is 2.12. The van der Waals surface area contributed by atoms with E-state index >= 15 is 0 Å². The molecule has 0 aromatic heterocycles. The van der Waals surface area contributed by atoms with Crippen LogP contribution in [0.15, 0.2) is 30.3 Å². The number of nitriles is 1. The molecule has 1 aromatic carbocycles. The van der Waals surface area contributed by atoms with E-state index in [9.17, 15) is 14.9 Å². The average Bonchev–Trinajstić information content (AvgIpc) is 2.65. The molecule has 136 valence electrons. The quantitative estimate of drug-likeness (QED) is 0.361. The average molecular weight is 373 g/mol. The monoisotopic (exact) mass is 373 g/mol. The highest BCUT2D eigenvalue weighted by Gasteiger charge is 2.19. The summed E-state index contributed by atoms with van der Waals surface area (Å²) in [7, 11) is 0. The van der Waals surface area contributed by atoms with Crippen LogP contribution in [0.3, 0.4) is 0 Å². The fourth-order valence-electron chi connectivity index (χ4n) is 2.49. The first-order valence-corrected chi connectivity index (χ1v) is 8.52. The summed E-state index contributed by atoms with van der Waals surface area (Å²) in [4.78, 5) is 26.2. The summed E-state index contributed by atoms with van der Waals surface area (Å²) in [5.74, 6) is -0.347. The molecule has 26 heavy (non-hydrogen) atoms. The van der Waals surface area contributed by atoms with Gasteiger partial charge in [-0.2, -0.15) is 5.26 Å². The molecule has 0 radical (unpaired) electrons. The van der Waals surface area contributed by atoms with Crippen molar-refractivity contribution in [2.24, 2.45) is 0 Å². The van der Waals surface area contributed by atoms with Gasteiger partial charge in [-0.3, -0.25) is 25.1 Å². The number of benzene rings is 1. The van der Waals surface area contributed by atoms with Crippen molar-refractivity contribution in [3.8, 4) is 6.07 Å². The van der Waals surface area contributed by atoms with E-state index in [-0.39, 0.29) is 11.6 Å². The number of hydrogen-bond acceptors (Lipinski definition) is 6. The second kappa shape index (κ2) is 9.60. The number of nitro groups is 1. The van der Waals surface area contributed by atoms with E-state index < -0.39 is 4.92 Å². The molecular weight excluding hydrogens is 354 g/mol. The molecule has 1 amide bonds. The van der Waals surface area contributed by atoms with Gasteiger partial charge >= 0.3 is 0 Å². The Hall–Kier alpha value is -2.83. The third kappa shape index (κ3) is 5.91. The Morgan fingerprint density at radius 2 is 1.96 bits per heavy atom. The zero-order valence-electron chi connectivity index (χ0n) is 14.1. The molecule has 1 heterocycles. The van der Waals surface area contributed by atoms with Gasteiger partial charge in [0.05, 0.1) is 11.0 Å². The van der Waals surface area contributed by atoms with Crippen molar-refractivity contribution in [1.29, 1.82) is 5.26 Å². The molecule has 0 aliphatic carbocycles. The lowest BCUT2D eigenvalue weighted by molar-refractivity contribution is -0.384. The fourth-order valence-corrected chi connectivity index (χ4v) is 2.77. The van der Waals surface area contributed by atoms with E-state index in [1.54, 1.807) is 18.2 Å². The molecular formula is C17H19N5O3S. The van der Waals surface area contributed by atoms with Gasteiger partial charge in [0.2, 0.25) is 5.91 Å². The number of nitrogens with zero attached hydrogens (tertiary/aromatic N) is 4. The second-order valence-corrected chi connectivity index (χ2v) is 6.10. The lowest BCUT2D eigenvalue weighted by Crippen LogP contribution is -2.52. The van der Waals surface area contributed by atoms with Crippen molar-refractivity contribution in [2.75, 3.05) is 32.7 Å². The van der Waals surface area contributed by atoms with Crippen molar-refractivity contribution in [1.82, 2.24) is 15.1 Å². The van der Waals surface area contributed by atoms with Crippen molar-refractivity contribution in [2.45, 2.75) is 6.42 Å². The Balaban J connectivity index is 1.79. The standard InChI is InChI=1S/C17H19N5O3S/c18-8-1-9-20-10-12-21(13-11-20)17(26)19-16(23)7-4-14-2-5-15(6-3-14)22(24)25/h2-7H,1,9-13H2,(H,19,23,26)/b7-4+. The zero-order chi connectivity index (χ0) is 18.9. The van der Waals surface area contributed by atoms with Crippen molar-refractivity contribution < 1.29 is 9.72 Å². The van der Waals surface area contributed by atoms with Crippen LogP contribution in [0, 0.1) is 21.4 Å². The molecule has 0 bridgehead atoms. The van der Waals surface area contributed by atoms with Gasteiger partial charge < -0.3 is 4.90 Å². The Morgan fingerprint density at radius 3 is 2.54 bits per heavy atom. The Bertz CT molecular complexity index is 734. The zero-order valence-corrected chi connectivity index (χ0v) is 14.9. The topological polar surface area (TPSA) is 103 Å². The van der Waals surface area contributed by atoms with Gasteiger partial charge in [0.25, 0.3) is 5.69 Å². The summed E-state index contributed by atoms with van der Waals surface area (Å²) in [6, 6.07) is 8.04. The third-order valence-electron chi connectivity index (χ3n) is 3.96. The van der Waals surface area contributed by atoms with Gasteiger partial charge in [0.15, 0.2) is 5.11 Å². The molecule has 1 N–H and O–H groups in total. The maximum Gasteiger partial charge on any atom is 0.269 e. The first-order valence-electron chi connectivity index (χ1n) is 8.11. The van der Waals surface area contributed by atoms with Crippen LogP contribution >= 0.6 is 12.2 Å². The minimum absolute atomic E-state index is 0.00157. The van der Waals surface area contributed by atoms with Crippen molar-refractivity contribution in [3.63, 3.8) is 0 Å². The molecule has 9 heteroatoms. The summed E-state index contributed by atoms with van der Waals surface area (Å²) in [6.45, 7) is 3.77. The van der Waals surface area contributed by atoms with Gasteiger partial charge in [-0.15, -0.1) is 0 Å². The number of non-ortho nitro benzene ring substituents is 1. The summed E-state index contributed by atoms with van der Waals surface area (Å²) in [5.41, 5.74) is 0.685. The number of rotatable bonds is 5. The van der Waals surface area contributed by atoms with Gasteiger partial charge in [-0.05, 0) is 36.0 Å². The minimum Gasteiger partial charge on any atom is -0.346 e. The fraction of sp³-hybridized carbons (Fsp3) is 0.353. The largest absolute Gasteiger partial charge is 0.346 e. The Kier molecular flexibility index (Phi) is 7.20. The molecule has 8 nitrogen and oxygen atoms in total. The highest BCUT2D eigenvalue weighted by atomic mass is 32.1. The molecule has 1 aliphatic heterocycles. The predicted octanol–water partition coefficient (Wildman–Crippen LogP) is 1.54. The molecule has 1 aliphatic rings. The molecule has 0 atom stereocenters. The van der Waals surface area contributed by atoms with Crippen LogP contribution in [0.5, 0.6) is 0 Å². The minimum atomic E-state index is -0.474. The second-order valence-electron chi connectivity index (χ2n) is 5.71. The normalized spacial score (nSPS) is 14.8. The van der Waals surface area contributed by atoms with Crippen LogP contribution in [0.1, 0.15) is 12.0 Å². The molecule has 1 fully saturated rings. The number of piperazine rings is 1. The maximum atomic E-state index is 12.0. The van der Waals surface area contributed by atoms with E-state index in [0.717, 1.165) is 19.6 Å². The first kappa shape index (κ1) is 19.5. The van der Waals surface area contributed by atoms with E-state index in [2.05, 4.69) is 16.3 Å². The summed E-state index contributed by atoms with van der Waals surface area (Å²) >= 11 is 5.27. The molecule has 2 rings (SSSR count). The van der Waals surface area contributed by atoms with E-state index in [4.69, 9.17) is 17.5 Å². The SMILES string of the molecule is N#CCCN1CCN(C(=S)NC(=O)/C=C/c2ccc([N+](=O)[O-])cc2)CC1. The van der Waals surface area contributed by atoms with Gasteiger partial charge in [-0.25, -0.2) is 0 Å². The molecule has 1 saturated heterocycles. The van der Waals surface area contributed by atoms with E-state index in [0.29, 0.717) is 30.2 Å².